The molecule has 0 bridgehead atoms. The maximum atomic E-state index is 6.14. The number of ether oxygens (including phenoxy) is 1. The molecule has 0 spiro atoms. The van der Waals surface area contributed by atoms with Crippen molar-refractivity contribution < 1.29 is 9.15 Å². The first-order valence-corrected chi connectivity index (χ1v) is 7.89. The third kappa shape index (κ3) is 3.03. The molecule has 0 saturated carbocycles. The summed E-state index contributed by atoms with van der Waals surface area (Å²) < 4.78 is 11.3. The number of fused-ring (bicyclic) bond motifs is 1. The molecule has 0 amide bonds. The highest BCUT2D eigenvalue weighted by atomic mass is 16.5. The molecule has 1 fully saturated rings. The predicted molar refractivity (Wildman–Crippen MR) is 88.1 cm³/mol. The normalized spacial score (nSPS) is 16.8. The Labute approximate surface area is 130 Å². The molecule has 1 saturated heterocycles. The van der Waals surface area contributed by atoms with E-state index in [1.54, 1.807) is 7.11 Å². The smallest absolute Gasteiger partial charge is 0.191 e. The first kappa shape index (κ1) is 14.8. The van der Waals surface area contributed by atoms with Crippen LogP contribution in [0.3, 0.4) is 0 Å². The zero-order valence-corrected chi connectivity index (χ0v) is 13.0. The van der Waals surface area contributed by atoms with Crippen LogP contribution in [0.5, 0.6) is 5.75 Å². The van der Waals surface area contributed by atoms with Gasteiger partial charge in [-0.3, -0.25) is 0 Å². The van der Waals surface area contributed by atoms with Gasteiger partial charge < -0.3 is 19.8 Å². The molecule has 0 aliphatic carbocycles. The molecule has 2 aromatic rings. The summed E-state index contributed by atoms with van der Waals surface area (Å²) >= 11 is 0. The van der Waals surface area contributed by atoms with Crippen LogP contribution in [0.2, 0.25) is 0 Å². The molecule has 118 valence electrons. The van der Waals surface area contributed by atoms with Gasteiger partial charge in [-0.05, 0) is 25.0 Å². The van der Waals surface area contributed by atoms with Crippen molar-refractivity contribution in [2.45, 2.75) is 32.2 Å². The number of hydrogen-bond donors (Lipinski definition) is 1. The van der Waals surface area contributed by atoms with E-state index in [0.29, 0.717) is 12.5 Å². The summed E-state index contributed by atoms with van der Waals surface area (Å²) in [6.07, 6.45) is 4.93. The Hall–Kier alpha value is -2.17. The van der Waals surface area contributed by atoms with Gasteiger partial charge in [0.15, 0.2) is 17.5 Å². The van der Waals surface area contributed by atoms with E-state index >= 15 is 0 Å². The van der Waals surface area contributed by atoms with Crippen LogP contribution in [0.4, 0.5) is 0 Å². The van der Waals surface area contributed by atoms with Crippen LogP contribution in [-0.2, 0) is 6.54 Å². The highest BCUT2D eigenvalue weighted by Gasteiger charge is 2.15. The van der Waals surface area contributed by atoms with Gasteiger partial charge >= 0.3 is 0 Å². The van der Waals surface area contributed by atoms with E-state index in [1.165, 1.54) is 25.7 Å². The van der Waals surface area contributed by atoms with E-state index in [4.69, 9.17) is 14.9 Å². The molecule has 1 aliphatic rings. The van der Waals surface area contributed by atoms with Crippen molar-refractivity contribution in [3.63, 3.8) is 0 Å². The summed E-state index contributed by atoms with van der Waals surface area (Å²) in [4.78, 5) is 6.68. The van der Waals surface area contributed by atoms with Crippen LogP contribution in [-0.4, -0.2) is 31.1 Å². The van der Waals surface area contributed by atoms with Crippen molar-refractivity contribution in [3.05, 3.63) is 30.0 Å². The number of nitrogens with two attached hydrogens (primary N) is 1. The summed E-state index contributed by atoms with van der Waals surface area (Å²) in [5.41, 5.74) is 6.96. The molecule has 2 heterocycles. The standard InChI is InChI=1S/C17H23N3O2/c1-21-16-13-8-4-5-9-14(13)22-15(16)12-19-17(18)20-10-6-2-3-7-11-20/h4-5,8-9H,2-3,6-7,10-12H2,1H3,(H2,18,19). The number of rotatable bonds is 3. The minimum Gasteiger partial charge on any atom is -0.492 e. The Morgan fingerprint density at radius 2 is 1.95 bits per heavy atom. The van der Waals surface area contributed by atoms with E-state index in [0.717, 1.165) is 35.6 Å². The Balaban J connectivity index is 1.78. The molecule has 2 N–H and O–H groups in total. The van der Waals surface area contributed by atoms with E-state index in [9.17, 15) is 0 Å². The van der Waals surface area contributed by atoms with Gasteiger partial charge in [0.2, 0.25) is 0 Å². The van der Waals surface area contributed by atoms with Crippen molar-refractivity contribution in [3.8, 4) is 5.75 Å². The third-order valence-electron chi connectivity index (χ3n) is 4.14. The number of likely N-dealkylation sites (tertiary alicyclic amines) is 1. The fraction of sp³-hybridized carbons (Fsp3) is 0.471. The van der Waals surface area contributed by atoms with Crippen molar-refractivity contribution in [1.29, 1.82) is 0 Å². The lowest BCUT2D eigenvalue weighted by Crippen LogP contribution is -2.38. The van der Waals surface area contributed by atoms with Crippen molar-refractivity contribution >= 4 is 16.9 Å². The summed E-state index contributed by atoms with van der Waals surface area (Å²) in [6, 6.07) is 7.84. The SMILES string of the molecule is COc1c(CN=C(N)N2CCCCCC2)oc2ccccc12. The van der Waals surface area contributed by atoms with Gasteiger partial charge in [-0.15, -0.1) is 0 Å². The number of benzene rings is 1. The van der Waals surface area contributed by atoms with E-state index in [-0.39, 0.29) is 0 Å². The van der Waals surface area contributed by atoms with Gasteiger partial charge in [0.25, 0.3) is 0 Å². The van der Waals surface area contributed by atoms with E-state index in [2.05, 4.69) is 9.89 Å². The highest BCUT2D eigenvalue weighted by Crippen LogP contribution is 2.33. The van der Waals surface area contributed by atoms with Gasteiger partial charge in [-0.1, -0.05) is 25.0 Å². The summed E-state index contributed by atoms with van der Waals surface area (Å²) in [6.45, 7) is 2.39. The molecule has 3 rings (SSSR count). The van der Waals surface area contributed by atoms with Gasteiger partial charge in [0, 0.05) is 13.1 Å². The number of aliphatic imine (C=N–C) groups is 1. The monoisotopic (exact) mass is 301 g/mol. The molecular formula is C17H23N3O2. The summed E-state index contributed by atoms with van der Waals surface area (Å²) in [7, 11) is 1.66. The largest absolute Gasteiger partial charge is 0.492 e. The van der Waals surface area contributed by atoms with Gasteiger partial charge in [0.05, 0.1) is 12.5 Å². The van der Waals surface area contributed by atoms with Gasteiger partial charge in [0.1, 0.15) is 12.1 Å². The molecule has 0 radical (unpaired) electrons. The number of nitrogens with zero attached hydrogens (tertiary/aromatic N) is 2. The number of guanidine groups is 1. The first-order chi connectivity index (χ1) is 10.8. The van der Waals surface area contributed by atoms with Crippen LogP contribution < -0.4 is 10.5 Å². The van der Waals surface area contributed by atoms with Crippen molar-refractivity contribution in [2.24, 2.45) is 10.7 Å². The van der Waals surface area contributed by atoms with Crippen LogP contribution >= 0.6 is 0 Å². The zero-order chi connectivity index (χ0) is 15.4. The molecule has 5 nitrogen and oxygen atoms in total. The topological polar surface area (TPSA) is 64.0 Å². The predicted octanol–water partition coefficient (Wildman–Crippen LogP) is 3.13. The minimum absolute atomic E-state index is 0.403. The van der Waals surface area contributed by atoms with Crippen LogP contribution in [0.25, 0.3) is 11.0 Å². The lowest BCUT2D eigenvalue weighted by molar-refractivity contribution is 0.395. The van der Waals surface area contributed by atoms with Gasteiger partial charge in [-0.2, -0.15) is 0 Å². The second kappa shape index (κ2) is 6.73. The van der Waals surface area contributed by atoms with E-state index < -0.39 is 0 Å². The maximum Gasteiger partial charge on any atom is 0.191 e. The second-order valence-corrected chi connectivity index (χ2v) is 5.63. The average Bonchev–Trinajstić information content (AvgIpc) is 2.71. The molecule has 22 heavy (non-hydrogen) atoms. The van der Waals surface area contributed by atoms with Crippen LogP contribution in [0.15, 0.2) is 33.7 Å². The molecular weight excluding hydrogens is 278 g/mol. The Bertz CT molecular complexity index is 655. The third-order valence-corrected chi connectivity index (χ3v) is 4.14. The summed E-state index contributed by atoms with van der Waals surface area (Å²) in [5, 5.41) is 0.976. The van der Waals surface area contributed by atoms with Crippen LogP contribution in [0.1, 0.15) is 31.4 Å². The fourth-order valence-electron chi connectivity index (χ4n) is 2.95. The fourth-order valence-corrected chi connectivity index (χ4v) is 2.95. The van der Waals surface area contributed by atoms with E-state index in [1.807, 2.05) is 24.3 Å². The molecule has 1 aliphatic heterocycles. The zero-order valence-electron chi connectivity index (χ0n) is 13.0. The number of furan rings is 1. The van der Waals surface area contributed by atoms with Crippen molar-refractivity contribution in [1.82, 2.24) is 4.90 Å². The average molecular weight is 301 g/mol. The second-order valence-electron chi connectivity index (χ2n) is 5.63. The van der Waals surface area contributed by atoms with Gasteiger partial charge in [-0.25, -0.2) is 4.99 Å². The number of para-hydroxylation sites is 1. The molecule has 0 atom stereocenters. The minimum atomic E-state index is 0.403. The van der Waals surface area contributed by atoms with Crippen molar-refractivity contribution in [2.75, 3.05) is 20.2 Å². The van der Waals surface area contributed by atoms with Crippen LogP contribution in [0, 0.1) is 0 Å². The Kier molecular flexibility index (Phi) is 4.51. The molecule has 5 heteroatoms. The molecule has 1 aromatic carbocycles. The lowest BCUT2D eigenvalue weighted by Gasteiger charge is -2.20. The lowest BCUT2D eigenvalue weighted by atomic mass is 10.2. The molecule has 0 unspecified atom stereocenters. The Morgan fingerprint density at radius 3 is 2.68 bits per heavy atom. The highest BCUT2D eigenvalue weighted by molar-refractivity contribution is 5.85. The number of methoxy groups -OCH3 is 1. The number of hydrogen-bond acceptors (Lipinski definition) is 3. The molecule has 1 aromatic heterocycles. The quantitative estimate of drug-likeness (QED) is 0.699. The first-order valence-electron chi connectivity index (χ1n) is 7.89. The Morgan fingerprint density at radius 1 is 1.23 bits per heavy atom. The summed E-state index contributed by atoms with van der Waals surface area (Å²) in [5.74, 6) is 2.08. The maximum absolute atomic E-state index is 6.14.